The first-order valence-corrected chi connectivity index (χ1v) is 7.62. The van der Waals surface area contributed by atoms with Crippen molar-refractivity contribution in [3.8, 4) is 11.6 Å². The molecule has 0 saturated heterocycles. The summed E-state index contributed by atoms with van der Waals surface area (Å²) in [6.07, 6.45) is 0. The molecule has 3 aromatic rings. The second-order valence-electron chi connectivity index (χ2n) is 5.61. The number of fused-ring (bicyclic) bond motifs is 1. The highest BCUT2D eigenvalue weighted by atomic mass is 16.5. The van der Waals surface area contributed by atoms with Crippen LogP contribution in [0.15, 0.2) is 47.6 Å². The normalized spacial score (nSPS) is 10.6. The number of aromatic nitrogens is 1. The molecule has 0 atom stereocenters. The van der Waals surface area contributed by atoms with E-state index in [9.17, 15) is 14.8 Å². The van der Waals surface area contributed by atoms with Crippen LogP contribution in [0.2, 0.25) is 0 Å². The van der Waals surface area contributed by atoms with Crippen molar-refractivity contribution in [1.82, 2.24) is 4.57 Å². The summed E-state index contributed by atoms with van der Waals surface area (Å²) in [5, 5.41) is 16.5. The molecule has 0 aliphatic rings. The summed E-state index contributed by atoms with van der Waals surface area (Å²) in [4.78, 5) is 22.4. The number of nitrogens with one attached hydrogen (secondary N) is 1. The molecule has 1 amide bonds. The molecule has 1 heterocycles. The van der Waals surface area contributed by atoms with Gasteiger partial charge in [0.05, 0.1) is 19.2 Å². The lowest BCUT2D eigenvalue weighted by atomic mass is 10.2. The van der Waals surface area contributed by atoms with Crippen molar-refractivity contribution in [3.05, 3.63) is 52.9 Å². The molecule has 25 heavy (non-hydrogen) atoms. The van der Waals surface area contributed by atoms with E-state index in [2.05, 4.69) is 10.5 Å². The number of nitroso groups, excluding NO2 is 1. The predicted molar refractivity (Wildman–Crippen MR) is 95.5 cm³/mol. The topological polar surface area (TPSA) is 92.9 Å². The van der Waals surface area contributed by atoms with Crippen LogP contribution in [0.25, 0.3) is 10.9 Å². The minimum Gasteiger partial charge on any atom is -0.497 e. The Bertz CT molecular complexity index is 945. The molecule has 7 heteroatoms. The van der Waals surface area contributed by atoms with Crippen molar-refractivity contribution in [2.45, 2.75) is 13.5 Å². The lowest BCUT2D eigenvalue weighted by Crippen LogP contribution is -2.05. The number of ether oxygens (including phenoxy) is 1. The first-order chi connectivity index (χ1) is 12.0. The Morgan fingerprint density at radius 3 is 2.56 bits per heavy atom. The van der Waals surface area contributed by atoms with Crippen LogP contribution in [-0.2, 0) is 11.3 Å². The zero-order chi connectivity index (χ0) is 18.0. The third-order valence-electron chi connectivity index (χ3n) is 3.92. The van der Waals surface area contributed by atoms with Crippen LogP contribution in [0.5, 0.6) is 11.6 Å². The predicted octanol–water partition coefficient (Wildman–Crippen LogP) is 3.76. The zero-order valence-electron chi connectivity index (χ0n) is 13.8. The maximum atomic E-state index is 11.2. The van der Waals surface area contributed by atoms with Crippen molar-refractivity contribution < 1.29 is 14.6 Å². The number of anilines is 1. The fourth-order valence-electron chi connectivity index (χ4n) is 2.77. The van der Waals surface area contributed by atoms with Crippen molar-refractivity contribution in [1.29, 1.82) is 0 Å². The maximum Gasteiger partial charge on any atom is 0.222 e. The molecule has 3 rings (SSSR count). The van der Waals surface area contributed by atoms with Gasteiger partial charge in [0.15, 0.2) is 5.69 Å². The van der Waals surface area contributed by atoms with E-state index in [1.165, 1.54) is 6.92 Å². The number of amides is 1. The molecule has 0 bridgehead atoms. The molecule has 7 nitrogen and oxygen atoms in total. The Kier molecular flexibility index (Phi) is 4.38. The van der Waals surface area contributed by atoms with Crippen LogP contribution in [0, 0.1) is 4.91 Å². The first kappa shape index (κ1) is 16.5. The maximum absolute atomic E-state index is 11.2. The van der Waals surface area contributed by atoms with Crippen molar-refractivity contribution in [3.63, 3.8) is 0 Å². The molecule has 0 aliphatic heterocycles. The number of hydrogen-bond acceptors (Lipinski definition) is 5. The fraction of sp³-hybridized carbons (Fsp3) is 0.167. The largest absolute Gasteiger partial charge is 0.497 e. The molecule has 1 aromatic heterocycles. The highest BCUT2D eigenvalue weighted by molar-refractivity contribution is 5.99. The molecule has 2 aromatic carbocycles. The summed E-state index contributed by atoms with van der Waals surface area (Å²) in [5.41, 5.74) is 2.07. The number of benzene rings is 2. The van der Waals surface area contributed by atoms with E-state index in [0.29, 0.717) is 23.1 Å². The van der Waals surface area contributed by atoms with Crippen LogP contribution < -0.4 is 10.1 Å². The van der Waals surface area contributed by atoms with E-state index < -0.39 is 0 Å². The van der Waals surface area contributed by atoms with E-state index in [1.807, 2.05) is 24.3 Å². The molecule has 0 aliphatic carbocycles. The first-order valence-electron chi connectivity index (χ1n) is 7.62. The Labute approximate surface area is 143 Å². The second kappa shape index (κ2) is 6.64. The van der Waals surface area contributed by atoms with Gasteiger partial charge in [-0.25, -0.2) is 0 Å². The van der Waals surface area contributed by atoms with Gasteiger partial charge in [-0.1, -0.05) is 12.1 Å². The fourth-order valence-corrected chi connectivity index (χ4v) is 2.77. The number of nitrogens with zero attached hydrogens (tertiary/aromatic N) is 2. The van der Waals surface area contributed by atoms with Gasteiger partial charge in [-0.15, -0.1) is 4.91 Å². The lowest BCUT2D eigenvalue weighted by Gasteiger charge is -2.08. The average molecular weight is 339 g/mol. The van der Waals surface area contributed by atoms with Gasteiger partial charge in [0.1, 0.15) is 5.75 Å². The summed E-state index contributed by atoms with van der Waals surface area (Å²) >= 11 is 0. The highest BCUT2D eigenvalue weighted by Gasteiger charge is 2.18. The Balaban J connectivity index is 2.06. The number of rotatable bonds is 5. The van der Waals surface area contributed by atoms with E-state index in [4.69, 9.17) is 4.74 Å². The Morgan fingerprint density at radius 1 is 1.24 bits per heavy atom. The van der Waals surface area contributed by atoms with E-state index in [0.717, 1.165) is 11.3 Å². The number of carbonyl (C=O) groups excluding carboxylic acids is 1. The van der Waals surface area contributed by atoms with Crippen molar-refractivity contribution >= 4 is 28.2 Å². The second-order valence-corrected chi connectivity index (χ2v) is 5.61. The van der Waals surface area contributed by atoms with Gasteiger partial charge in [-0.3, -0.25) is 4.79 Å². The standard InChI is InChI=1S/C18H17N3O4/c1-11(22)19-13-5-8-16-15(9-13)17(20-24)18(23)21(16)10-12-3-6-14(25-2)7-4-12/h3-9,23H,10H2,1-2H3,(H,19,22). The minimum atomic E-state index is -0.221. The van der Waals surface area contributed by atoms with Gasteiger partial charge in [-0.2, -0.15) is 0 Å². The van der Waals surface area contributed by atoms with Gasteiger partial charge in [0, 0.05) is 18.0 Å². The quantitative estimate of drug-likeness (QED) is 0.692. The van der Waals surface area contributed by atoms with E-state index in [-0.39, 0.29) is 17.5 Å². The summed E-state index contributed by atoms with van der Waals surface area (Å²) in [6, 6.07) is 12.5. The van der Waals surface area contributed by atoms with Crippen LogP contribution in [-0.4, -0.2) is 22.7 Å². The summed E-state index contributed by atoms with van der Waals surface area (Å²) in [6.45, 7) is 1.76. The average Bonchev–Trinajstić information content (AvgIpc) is 2.86. The summed E-state index contributed by atoms with van der Waals surface area (Å²) < 4.78 is 6.74. The van der Waals surface area contributed by atoms with Gasteiger partial charge in [0.25, 0.3) is 0 Å². The van der Waals surface area contributed by atoms with Crippen molar-refractivity contribution in [2.24, 2.45) is 5.18 Å². The van der Waals surface area contributed by atoms with Crippen LogP contribution in [0.4, 0.5) is 11.4 Å². The third-order valence-corrected chi connectivity index (χ3v) is 3.92. The smallest absolute Gasteiger partial charge is 0.222 e. The molecular formula is C18H17N3O4. The van der Waals surface area contributed by atoms with E-state index in [1.54, 1.807) is 29.9 Å². The molecule has 0 unspecified atom stereocenters. The number of hydrogen-bond donors (Lipinski definition) is 2. The SMILES string of the molecule is COc1ccc(Cn2c(O)c(N=O)c3cc(NC(C)=O)ccc32)cc1. The van der Waals surface area contributed by atoms with Crippen LogP contribution in [0.1, 0.15) is 12.5 Å². The summed E-state index contributed by atoms with van der Waals surface area (Å²) in [7, 11) is 1.59. The van der Waals surface area contributed by atoms with Gasteiger partial charge in [-0.05, 0) is 41.1 Å². The van der Waals surface area contributed by atoms with Crippen LogP contribution in [0.3, 0.4) is 0 Å². The van der Waals surface area contributed by atoms with E-state index >= 15 is 0 Å². The molecule has 128 valence electrons. The lowest BCUT2D eigenvalue weighted by molar-refractivity contribution is -0.114. The number of methoxy groups -OCH3 is 1. The van der Waals surface area contributed by atoms with Crippen molar-refractivity contribution in [2.75, 3.05) is 12.4 Å². The number of aromatic hydroxyl groups is 1. The summed E-state index contributed by atoms with van der Waals surface area (Å²) in [5.74, 6) is 0.308. The van der Waals surface area contributed by atoms with Gasteiger partial charge < -0.3 is 19.7 Å². The van der Waals surface area contributed by atoms with Gasteiger partial charge in [0.2, 0.25) is 11.8 Å². The Hall–Kier alpha value is -3.35. The molecule has 0 fully saturated rings. The number of carbonyl (C=O) groups is 1. The minimum absolute atomic E-state index is 0.0456. The molecule has 0 spiro atoms. The molecule has 0 saturated carbocycles. The molecule has 2 N–H and O–H groups in total. The highest BCUT2D eigenvalue weighted by Crippen LogP contribution is 2.40. The monoisotopic (exact) mass is 339 g/mol. The Morgan fingerprint density at radius 2 is 1.96 bits per heavy atom. The third kappa shape index (κ3) is 3.16. The van der Waals surface area contributed by atoms with Crippen LogP contribution >= 0.6 is 0 Å². The zero-order valence-corrected chi connectivity index (χ0v) is 13.8. The molecule has 0 radical (unpaired) electrons. The molecular weight excluding hydrogens is 322 g/mol. The van der Waals surface area contributed by atoms with Gasteiger partial charge >= 0.3 is 0 Å².